The molecular formula is C18H23N3O2S. The van der Waals surface area contributed by atoms with E-state index in [0.717, 1.165) is 30.0 Å². The third-order valence-corrected chi connectivity index (χ3v) is 5.25. The fraction of sp³-hybridized carbons (Fsp3) is 0.444. The summed E-state index contributed by atoms with van der Waals surface area (Å²) < 4.78 is 5.75. The molecule has 1 fully saturated rings. The summed E-state index contributed by atoms with van der Waals surface area (Å²) in [5, 5.41) is 6.12. The van der Waals surface area contributed by atoms with E-state index in [9.17, 15) is 4.79 Å². The van der Waals surface area contributed by atoms with Gasteiger partial charge in [-0.3, -0.25) is 4.79 Å². The molecule has 1 aromatic carbocycles. The summed E-state index contributed by atoms with van der Waals surface area (Å²) in [6.07, 6.45) is 3.23. The first kappa shape index (κ1) is 16.9. The van der Waals surface area contributed by atoms with Crippen LogP contribution in [0.5, 0.6) is 5.75 Å². The molecule has 2 atom stereocenters. The molecule has 1 saturated carbocycles. The third kappa shape index (κ3) is 4.13. The van der Waals surface area contributed by atoms with Gasteiger partial charge in [0, 0.05) is 17.0 Å². The van der Waals surface area contributed by atoms with Crippen LogP contribution in [0.25, 0.3) is 0 Å². The van der Waals surface area contributed by atoms with Gasteiger partial charge < -0.3 is 15.8 Å². The van der Waals surface area contributed by atoms with Crippen molar-refractivity contribution in [2.75, 3.05) is 6.54 Å². The van der Waals surface area contributed by atoms with Crippen LogP contribution in [-0.2, 0) is 6.61 Å². The number of nitrogens with one attached hydrogen (secondary N) is 1. The minimum absolute atomic E-state index is 0.0599. The molecule has 3 N–H and O–H groups in total. The van der Waals surface area contributed by atoms with Crippen LogP contribution in [0.3, 0.4) is 0 Å². The lowest BCUT2D eigenvalue weighted by molar-refractivity contribution is 0.0928. The van der Waals surface area contributed by atoms with Crippen LogP contribution in [0.2, 0.25) is 0 Å². The zero-order valence-electron chi connectivity index (χ0n) is 13.8. The number of hydrogen-bond acceptors (Lipinski definition) is 5. The summed E-state index contributed by atoms with van der Waals surface area (Å²) in [5.41, 5.74) is 7.30. The lowest BCUT2D eigenvalue weighted by Gasteiger charge is -2.19. The Morgan fingerprint density at radius 1 is 1.46 bits per heavy atom. The third-order valence-electron chi connectivity index (χ3n) is 4.43. The van der Waals surface area contributed by atoms with Gasteiger partial charge in [-0.2, -0.15) is 0 Å². The van der Waals surface area contributed by atoms with Crippen molar-refractivity contribution in [2.45, 2.75) is 38.8 Å². The van der Waals surface area contributed by atoms with Crippen LogP contribution < -0.4 is 15.8 Å². The quantitative estimate of drug-likeness (QED) is 0.844. The Morgan fingerprint density at radius 3 is 3.08 bits per heavy atom. The highest BCUT2D eigenvalue weighted by Gasteiger charge is 2.27. The topological polar surface area (TPSA) is 77.2 Å². The number of ether oxygens (including phenoxy) is 1. The van der Waals surface area contributed by atoms with Crippen molar-refractivity contribution < 1.29 is 9.53 Å². The highest BCUT2D eigenvalue weighted by Crippen LogP contribution is 2.25. The minimum Gasteiger partial charge on any atom is -0.487 e. The average molecular weight is 345 g/mol. The van der Waals surface area contributed by atoms with Gasteiger partial charge >= 0.3 is 0 Å². The van der Waals surface area contributed by atoms with E-state index in [2.05, 4.69) is 10.3 Å². The summed E-state index contributed by atoms with van der Waals surface area (Å²) in [5.74, 6) is 1.01. The molecule has 2 aromatic rings. The number of benzene rings is 1. The molecule has 0 bridgehead atoms. The fourth-order valence-corrected chi connectivity index (χ4v) is 3.72. The van der Waals surface area contributed by atoms with Crippen molar-refractivity contribution in [2.24, 2.45) is 11.7 Å². The molecule has 0 spiro atoms. The Balaban J connectivity index is 1.60. The molecule has 1 aliphatic rings. The SMILES string of the molecule is Cc1nc(COc2cccc(C(=O)NC3CCCC3CN)c2)cs1. The Bertz CT molecular complexity index is 701. The monoisotopic (exact) mass is 345 g/mol. The van der Waals surface area contributed by atoms with Gasteiger partial charge in [0.1, 0.15) is 12.4 Å². The molecular weight excluding hydrogens is 322 g/mol. The molecule has 128 valence electrons. The summed E-state index contributed by atoms with van der Waals surface area (Å²) in [6, 6.07) is 7.47. The Labute approximate surface area is 146 Å². The smallest absolute Gasteiger partial charge is 0.251 e. The molecule has 6 heteroatoms. The number of hydrogen-bond donors (Lipinski definition) is 2. The van der Waals surface area contributed by atoms with Crippen molar-refractivity contribution in [3.63, 3.8) is 0 Å². The number of carbonyl (C=O) groups is 1. The molecule has 0 aliphatic heterocycles. The normalized spacial score (nSPS) is 20.1. The van der Waals surface area contributed by atoms with Crippen molar-refractivity contribution in [3.05, 3.63) is 45.9 Å². The van der Waals surface area contributed by atoms with Crippen LogP contribution in [0, 0.1) is 12.8 Å². The van der Waals surface area contributed by atoms with E-state index in [1.54, 1.807) is 17.4 Å². The summed E-state index contributed by atoms with van der Waals surface area (Å²) in [6.45, 7) is 3.01. The van der Waals surface area contributed by atoms with Crippen molar-refractivity contribution >= 4 is 17.2 Å². The van der Waals surface area contributed by atoms with E-state index in [1.165, 1.54) is 0 Å². The highest BCUT2D eigenvalue weighted by molar-refractivity contribution is 7.09. The lowest BCUT2D eigenvalue weighted by Crippen LogP contribution is -2.39. The maximum Gasteiger partial charge on any atom is 0.251 e. The second kappa shape index (κ2) is 7.77. The number of carbonyl (C=O) groups excluding carboxylic acids is 1. The summed E-state index contributed by atoms with van der Waals surface area (Å²) in [7, 11) is 0. The number of aryl methyl sites for hydroxylation is 1. The molecule has 1 amide bonds. The first-order valence-electron chi connectivity index (χ1n) is 8.30. The van der Waals surface area contributed by atoms with Gasteiger partial charge in [-0.25, -0.2) is 4.98 Å². The maximum absolute atomic E-state index is 12.5. The van der Waals surface area contributed by atoms with Crippen LogP contribution >= 0.6 is 11.3 Å². The van der Waals surface area contributed by atoms with Crippen LogP contribution in [0.15, 0.2) is 29.6 Å². The molecule has 1 heterocycles. The number of amides is 1. The first-order valence-corrected chi connectivity index (χ1v) is 9.18. The predicted octanol–water partition coefficient (Wildman–Crippen LogP) is 2.89. The molecule has 24 heavy (non-hydrogen) atoms. The first-order chi connectivity index (χ1) is 11.7. The Hall–Kier alpha value is -1.92. The van der Waals surface area contributed by atoms with Crippen LogP contribution in [0.1, 0.15) is 40.3 Å². The number of rotatable bonds is 6. The van der Waals surface area contributed by atoms with Gasteiger partial charge in [-0.15, -0.1) is 11.3 Å². The highest BCUT2D eigenvalue weighted by atomic mass is 32.1. The molecule has 0 radical (unpaired) electrons. The van der Waals surface area contributed by atoms with Gasteiger partial charge in [-0.05, 0) is 50.4 Å². The molecule has 1 aliphatic carbocycles. The Kier molecular flexibility index (Phi) is 5.48. The number of aromatic nitrogens is 1. The van der Waals surface area contributed by atoms with Gasteiger partial charge in [0.15, 0.2) is 0 Å². The van der Waals surface area contributed by atoms with Gasteiger partial charge in [0.2, 0.25) is 0 Å². The van der Waals surface area contributed by atoms with E-state index in [1.807, 2.05) is 30.5 Å². The fourth-order valence-electron chi connectivity index (χ4n) is 3.12. The van der Waals surface area contributed by atoms with Gasteiger partial charge in [0.25, 0.3) is 5.91 Å². The maximum atomic E-state index is 12.5. The van der Waals surface area contributed by atoms with E-state index >= 15 is 0 Å². The van der Waals surface area contributed by atoms with Crippen molar-refractivity contribution in [1.29, 1.82) is 0 Å². The number of nitrogens with zero attached hydrogens (tertiary/aromatic N) is 1. The molecule has 3 rings (SSSR count). The summed E-state index contributed by atoms with van der Waals surface area (Å²) in [4.78, 5) is 16.8. The number of nitrogens with two attached hydrogens (primary N) is 1. The second-order valence-corrected chi connectivity index (χ2v) is 7.24. The van der Waals surface area contributed by atoms with Crippen LogP contribution in [-0.4, -0.2) is 23.5 Å². The second-order valence-electron chi connectivity index (χ2n) is 6.18. The predicted molar refractivity (Wildman–Crippen MR) is 95.3 cm³/mol. The Morgan fingerprint density at radius 2 is 2.33 bits per heavy atom. The lowest BCUT2D eigenvalue weighted by atomic mass is 10.0. The van der Waals surface area contributed by atoms with Crippen molar-refractivity contribution in [1.82, 2.24) is 10.3 Å². The van der Waals surface area contributed by atoms with E-state index in [4.69, 9.17) is 10.5 Å². The van der Waals surface area contributed by atoms with E-state index < -0.39 is 0 Å². The largest absolute Gasteiger partial charge is 0.487 e. The van der Waals surface area contributed by atoms with E-state index in [-0.39, 0.29) is 11.9 Å². The molecule has 5 nitrogen and oxygen atoms in total. The summed E-state index contributed by atoms with van der Waals surface area (Å²) >= 11 is 1.60. The zero-order chi connectivity index (χ0) is 16.9. The molecule has 1 aromatic heterocycles. The van der Waals surface area contributed by atoms with Gasteiger partial charge in [0.05, 0.1) is 10.7 Å². The van der Waals surface area contributed by atoms with Crippen molar-refractivity contribution in [3.8, 4) is 5.75 Å². The van der Waals surface area contributed by atoms with E-state index in [0.29, 0.717) is 30.4 Å². The molecule has 0 saturated heterocycles. The minimum atomic E-state index is -0.0599. The average Bonchev–Trinajstić information content (AvgIpc) is 3.21. The standard InChI is InChI=1S/C18H23N3O2S/c1-12-20-15(11-24-12)10-23-16-6-2-4-13(8-16)18(22)21-17-7-3-5-14(17)9-19/h2,4,6,8,11,14,17H,3,5,7,9-10,19H2,1H3,(H,21,22). The zero-order valence-corrected chi connectivity index (χ0v) is 14.6. The van der Waals surface area contributed by atoms with Crippen LogP contribution in [0.4, 0.5) is 0 Å². The number of thiazole rings is 1. The van der Waals surface area contributed by atoms with Gasteiger partial charge in [-0.1, -0.05) is 12.5 Å². The molecule has 2 unspecified atom stereocenters.